The molecule has 0 aliphatic heterocycles. The molecule has 0 saturated carbocycles. The normalized spacial score (nSPS) is 11.9. The number of H-pyrrole nitrogens is 1. The van der Waals surface area contributed by atoms with Gasteiger partial charge in [-0.2, -0.15) is 13.2 Å². The maximum absolute atomic E-state index is 12.3. The van der Waals surface area contributed by atoms with Crippen LogP contribution in [0.3, 0.4) is 0 Å². The first-order valence-corrected chi connectivity index (χ1v) is 4.04. The molecule has 0 aromatic carbocycles. The van der Waals surface area contributed by atoms with Gasteiger partial charge in [0, 0.05) is 6.20 Å². The van der Waals surface area contributed by atoms with E-state index in [4.69, 9.17) is 0 Å². The smallest absolute Gasteiger partial charge is 0.320 e. The van der Waals surface area contributed by atoms with Gasteiger partial charge in [0.25, 0.3) is 5.56 Å². The molecule has 0 spiro atoms. The highest BCUT2D eigenvalue weighted by Crippen LogP contribution is 2.27. The summed E-state index contributed by atoms with van der Waals surface area (Å²) in [7, 11) is 0. The summed E-state index contributed by atoms with van der Waals surface area (Å²) in [6, 6.07) is 3.77. The molecule has 0 saturated heterocycles. The molecule has 78 valence electrons. The average Bonchev–Trinajstić information content (AvgIpc) is 2.15. The van der Waals surface area contributed by atoms with Crippen molar-refractivity contribution in [1.82, 2.24) is 9.97 Å². The molecule has 0 bridgehead atoms. The average molecular weight is 214 g/mol. The van der Waals surface area contributed by atoms with E-state index in [-0.39, 0.29) is 11.0 Å². The van der Waals surface area contributed by atoms with Crippen molar-refractivity contribution < 1.29 is 13.2 Å². The van der Waals surface area contributed by atoms with E-state index >= 15 is 0 Å². The van der Waals surface area contributed by atoms with Gasteiger partial charge in [0.2, 0.25) is 0 Å². The summed E-state index contributed by atoms with van der Waals surface area (Å²) >= 11 is 0. The monoisotopic (exact) mass is 214 g/mol. The number of rotatable bonds is 0. The molecule has 0 amide bonds. The Kier molecular flexibility index (Phi) is 1.99. The predicted octanol–water partition coefficient (Wildman–Crippen LogP) is 1.94. The highest BCUT2D eigenvalue weighted by Gasteiger charge is 2.34. The fraction of sp³-hybridized carbons (Fsp3) is 0.111. The molecule has 0 aliphatic carbocycles. The lowest BCUT2D eigenvalue weighted by Gasteiger charge is -2.05. The molecule has 0 radical (unpaired) electrons. The van der Waals surface area contributed by atoms with E-state index in [1.54, 1.807) is 0 Å². The second kappa shape index (κ2) is 3.08. The highest BCUT2D eigenvalue weighted by molar-refractivity contribution is 5.74. The van der Waals surface area contributed by atoms with Gasteiger partial charge in [0.05, 0.1) is 11.0 Å². The molecule has 6 heteroatoms. The highest BCUT2D eigenvalue weighted by atomic mass is 19.4. The summed E-state index contributed by atoms with van der Waals surface area (Å²) in [5.74, 6) is 0. The van der Waals surface area contributed by atoms with Crippen LogP contribution in [-0.2, 0) is 6.18 Å². The minimum absolute atomic E-state index is 0.115. The Bertz CT molecular complexity index is 559. The maximum Gasteiger partial charge on any atom is 0.421 e. The van der Waals surface area contributed by atoms with Gasteiger partial charge in [-0.3, -0.25) is 9.78 Å². The van der Waals surface area contributed by atoms with Crippen molar-refractivity contribution >= 4 is 11.0 Å². The quantitative estimate of drug-likeness (QED) is 0.728. The number of alkyl halides is 3. The Labute approximate surface area is 81.6 Å². The first-order valence-electron chi connectivity index (χ1n) is 4.04. The lowest BCUT2D eigenvalue weighted by molar-refractivity contribution is -0.138. The zero-order chi connectivity index (χ0) is 11.1. The van der Waals surface area contributed by atoms with Crippen molar-refractivity contribution in [2.24, 2.45) is 0 Å². The third-order valence-electron chi connectivity index (χ3n) is 1.92. The van der Waals surface area contributed by atoms with Crippen LogP contribution in [0.25, 0.3) is 11.0 Å². The minimum Gasteiger partial charge on any atom is -0.320 e. The summed E-state index contributed by atoms with van der Waals surface area (Å²) in [5.41, 5.74) is -1.98. The SMILES string of the molecule is O=c1[nH]c2cccnc2cc1C(F)(F)F. The Morgan fingerprint density at radius 1 is 1.33 bits per heavy atom. The van der Waals surface area contributed by atoms with Crippen molar-refractivity contribution in [2.45, 2.75) is 6.18 Å². The van der Waals surface area contributed by atoms with Crippen LogP contribution >= 0.6 is 0 Å². The predicted molar refractivity (Wildman–Crippen MR) is 47.4 cm³/mol. The number of aromatic nitrogens is 2. The molecule has 0 fully saturated rings. The summed E-state index contributed by atoms with van der Waals surface area (Å²) in [6.45, 7) is 0. The van der Waals surface area contributed by atoms with E-state index in [0.29, 0.717) is 0 Å². The number of hydrogen-bond acceptors (Lipinski definition) is 2. The molecule has 0 unspecified atom stereocenters. The fourth-order valence-electron chi connectivity index (χ4n) is 1.24. The molecule has 2 rings (SSSR count). The Hall–Kier alpha value is -1.85. The van der Waals surface area contributed by atoms with E-state index in [0.717, 1.165) is 6.07 Å². The number of aromatic amines is 1. The van der Waals surface area contributed by atoms with Gasteiger partial charge in [-0.1, -0.05) is 0 Å². The van der Waals surface area contributed by atoms with E-state index in [1.807, 2.05) is 0 Å². The van der Waals surface area contributed by atoms with Gasteiger partial charge >= 0.3 is 6.18 Å². The van der Waals surface area contributed by atoms with Gasteiger partial charge in [-0.25, -0.2) is 0 Å². The van der Waals surface area contributed by atoms with Gasteiger partial charge in [0.15, 0.2) is 0 Å². The van der Waals surface area contributed by atoms with Crippen LogP contribution in [0, 0.1) is 0 Å². The van der Waals surface area contributed by atoms with Crippen LogP contribution in [0.1, 0.15) is 5.56 Å². The number of hydrogen-bond donors (Lipinski definition) is 1. The summed E-state index contributed by atoms with van der Waals surface area (Å²) in [5, 5.41) is 0. The third kappa shape index (κ3) is 1.70. The van der Waals surface area contributed by atoms with Crippen molar-refractivity contribution in [2.75, 3.05) is 0 Å². The second-order valence-corrected chi connectivity index (χ2v) is 2.95. The van der Waals surface area contributed by atoms with Crippen LogP contribution in [0.15, 0.2) is 29.2 Å². The van der Waals surface area contributed by atoms with E-state index < -0.39 is 17.3 Å². The molecule has 2 aromatic heterocycles. The first-order chi connectivity index (χ1) is 6.98. The molecule has 2 aromatic rings. The number of fused-ring (bicyclic) bond motifs is 1. The first kappa shape index (κ1) is 9.70. The summed E-state index contributed by atoms with van der Waals surface area (Å²) in [4.78, 5) is 16.9. The molecule has 2 heterocycles. The van der Waals surface area contributed by atoms with Gasteiger partial charge in [-0.05, 0) is 18.2 Å². The molecule has 15 heavy (non-hydrogen) atoms. The molecule has 3 nitrogen and oxygen atoms in total. The number of nitrogens with one attached hydrogen (secondary N) is 1. The number of pyridine rings is 2. The standard InChI is InChI=1S/C9H5F3N2O/c10-9(11,12)5-4-7-6(14-8(5)15)2-1-3-13-7/h1-4H,(H,14,15). The largest absolute Gasteiger partial charge is 0.421 e. The van der Waals surface area contributed by atoms with Gasteiger partial charge in [0.1, 0.15) is 5.56 Å². The van der Waals surface area contributed by atoms with Crippen LogP contribution < -0.4 is 5.56 Å². The lowest BCUT2D eigenvalue weighted by atomic mass is 10.2. The third-order valence-corrected chi connectivity index (χ3v) is 1.92. The van der Waals surface area contributed by atoms with E-state index in [2.05, 4.69) is 9.97 Å². The maximum atomic E-state index is 12.3. The van der Waals surface area contributed by atoms with Crippen LogP contribution in [0.5, 0.6) is 0 Å². The summed E-state index contributed by atoms with van der Waals surface area (Å²) in [6.07, 6.45) is -3.29. The van der Waals surface area contributed by atoms with Crippen LogP contribution in [0.4, 0.5) is 13.2 Å². The van der Waals surface area contributed by atoms with Crippen molar-refractivity contribution in [3.63, 3.8) is 0 Å². The molecule has 0 atom stereocenters. The van der Waals surface area contributed by atoms with Gasteiger partial charge < -0.3 is 4.98 Å². The molecular formula is C9H5F3N2O. The van der Waals surface area contributed by atoms with Gasteiger partial charge in [-0.15, -0.1) is 0 Å². The van der Waals surface area contributed by atoms with E-state index in [9.17, 15) is 18.0 Å². The Morgan fingerprint density at radius 3 is 2.73 bits per heavy atom. The molecule has 0 aliphatic rings. The lowest BCUT2D eigenvalue weighted by Crippen LogP contribution is -2.21. The minimum atomic E-state index is -4.65. The van der Waals surface area contributed by atoms with Crippen molar-refractivity contribution in [1.29, 1.82) is 0 Å². The van der Waals surface area contributed by atoms with E-state index in [1.165, 1.54) is 18.3 Å². The molecular weight excluding hydrogens is 209 g/mol. The number of halogens is 3. The zero-order valence-corrected chi connectivity index (χ0v) is 7.30. The Balaban J connectivity index is 2.79. The zero-order valence-electron chi connectivity index (χ0n) is 7.30. The number of nitrogens with zero attached hydrogens (tertiary/aromatic N) is 1. The fourth-order valence-corrected chi connectivity index (χ4v) is 1.24. The van der Waals surface area contributed by atoms with Crippen LogP contribution in [0.2, 0.25) is 0 Å². The Morgan fingerprint density at radius 2 is 2.07 bits per heavy atom. The summed E-state index contributed by atoms with van der Waals surface area (Å²) < 4.78 is 37.0. The van der Waals surface area contributed by atoms with Crippen LogP contribution in [-0.4, -0.2) is 9.97 Å². The molecule has 1 N–H and O–H groups in total. The topological polar surface area (TPSA) is 45.8 Å². The van der Waals surface area contributed by atoms with Crippen molar-refractivity contribution in [3.05, 3.63) is 40.3 Å². The second-order valence-electron chi connectivity index (χ2n) is 2.95. The van der Waals surface area contributed by atoms with Crippen molar-refractivity contribution in [3.8, 4) is 0 Å².